The zero-order valence-electron chi connectivity index (χ0n) is 11.7. The first-order chi connectivity index (χ1) is 9.76. The predicted octanol–water partition coefficient (Wildman–Crippen LogP) is 0.0903. The van der Waals surface area contributed by atoms with Crippen LogP contribution in [0.25, 0.3) is 0 Å². The molecule has 0 aliphatic heterocycles. The summed E-state index contributed by atoms with van der Waals surface area (Å²) in [6, 6.07) is 4.05. The summed E-state index contributed by atoms with van der Waals surface area (Å²) in [6.07, 6.45) is 0. The Labute approximate surface area is 128 Å². The van der Waals surface area contributed by atoms with Crippen LogP contribution >= 0.6 is 11.6 Å². The van der Waals surface area contributed by atoms with Crippen molar-refractivity contribution in [2.24, 2.45) is 5.73 Å². The third-order valence-electron chi connectivity index (χ3n) is 2.64. The summed E-state index contributed by atoms with van der Waals surface area (Å²) in [4.78, 5) is 10.6. The smallest absolute Gasteiger partial charge is 0.255 e. The van der Waals surface area contributed by atoms with Crippen LogP contribution in [0.2, 0.25) is 5.02 Å². The molecule has 0 aliphatic carbocycles. The van der Waals surface area contributed by atoms with E-state index in [9.17, 15) is 13.2 Å². The second-order valence-electron chi connectivity index (χ2n) is 4.39. The number of amides is 1. The number of sulfonamides is 1. The van der Waals surface area contributed by atoms with Gasteiger partial charge in [0.1, 0.15) is 10.6 Å². The first-order valence-corrected chi connectivity index (χ1v) is 8.00. The van der Waals surface area contributed by atoms with E-state index in [1.807, 2.05) is 6.92 Å². The van der Waals surface area contributed by atoms with E-state index in [0.29, 0.717) is 0 Å². The number of hydrogen-bond donors (Lipinski definition) is 3. The van der Waals surface area contributed by atoms with Gasteiger partial charge in [0.25, 0.3) is 5.91 Å². The zero-order chi connectivity index (χ0) is 16.0. The summed E-state index contributed by atoms with van der Waals surface area (Å²) >= 11 is 5.82. The fourth-order valence-electron chi connectivity index (χ4n) is 1.37. The molecule has 0 heterocycles. The lowest BCUT2D eigenvalue weighted by molar-refractivity contribution is -0.120. The molecule has 0 bridgehead atoms. The van der Waals surface area contributed by atoms with Crippen LogP contribution in [0.4, 0.5) is 0 Å². The molecular formula is C12H18ClN3O4S. The van der Waals surface area contributed by atoms with Crippen LogP contribution in [0.15, 0.2) is 23.1 Å². The van der Waals surface area contributed by atoms with Gasteiger partial charge in [0.15, 0.2) is 6.61 Å². The molecule has 1 aromatic carbocycles. The number of nitrogens with one attached hydrogen (secondary N) is 2. The number of primary amides is 1. The van der Waals surface area contributed by atoms with Crippen molar-refractivity contribution in [3.05, 3.63) is 23.2 Å². The maximum Gasteiger partial charge on any atom is 0.255 e. The molecule has 1 amide bonds. The Morgan fingerprint density at radius 2 is 2.14 bits per heavy atom. The van der Waals surface area contributed by atoms with Crippen molar-refractivity contribution in [3.63, 3.8) is 0 Å². The molecule has 21 heavy (non-hydrogen) atoms. The fourth-order valence-corrected chi connectivity index (χ4v) is 2.91. The van der Waals surface area contributed by atoms with E-state index in [1.54, 1.807) is 7.05 Å². The summed E-state index contributed by atoms with van der Waals surface area (Å²) in [6.45, 7) is 1.60. The molecule has 0 radical (unpaired) electrons. The number of carbonyl (C=O) groups is 1. The highest BCUT2D eigenvalue weighted by Gasteiger charge is 2.21. The van der Waals surface area contributed by atoms with E-state index in [-0.39, 0.29) is 28.3 Å². The molecule has 4 N–H and O–H groups in total. The molecule has 1 rings (SSSR count). The molecule has 0 aliphatic rings. The zero-order valence-corrected chi connectivity index (χ0v) is 13.3. The summed E-state index contributed by atoms with van der Waals surface area (Å²) in [5, 5.41) is 3.15. The Hall–Kier alpha value is -1.35. The third kappa shape index (κ3) is 5.50. The van der Waals surface area contributed by atoms with Crippen LogP contribution < -0.4 is 20.5 Å². The van der Waals surface area contributed by atoms with Crippen LogP contribution in [0.1, 0.15) is 6.92 Å². The number of nitrogens with two attached hydrogens (primary N) is 1. The molecule has 0 saturated carbocycles. The van der Waals surface area contributed by atoms with Crippen molar-refractivity contribution in [1.29, 1.82) is 0 Å². The van der Waals surface area contributed by atoms with Crippen LogP contribution in [0.5, 0.6) is 5.75 Å². The van der Waals surface area contributed by atoms with Crippen molar-refractivity contribution in [1.82, 2.24) is 10.0 Å². The van der Waals surface area contributed by atoms with Gasteiger partial charge in [0.05, 0.1) is 0 Å². The minimum atomic E-state index is -3.82. The first kappa shape index (κ1) is 17.7. The van der Waals surface area contributed by atoms with Gasteiger partial charge < -0.3 is 15.8 Å². The van der Waals surface area contributed by atoms with Crippen LogP contribution in [-0.2, 0) is 14.8 Å². The summed E-state index contributed by atoms with van der Waals surface area (Å²) in [5.41, 5.74) is 4.98. The highest BCUT2D eigenvalue weighted by Crippen LogP contribution is 2.27. The molecule has 1 atom stereocenters. The fraction of sp³-hybridized carbons (Fsp3) is 0.417. The maximum absolute atomic E-state index is 12.3. The number of carbonyl (C=O) groups excluding carboxylic acids is 1. The monoisotopic (exact) mass is 335 g/mol. The van der Waals surface area contributed by atoms with Gasteiger partial charge in [-0.2, -0.15) is 0 Å². The average molecular weight is 336 g/mol. The molecule has 0 spiro atoms. The van der Waals surface area contributed by atoms with Gasteiger partial charge in [-0.15, -0.1) is 0 Å². The molecule has 118 valence electrons. The Kier molecular flexibility index (Phi) is 6.41. The molecular weight excluding hydrogens is 318 g/mol. The highest BCUT2D eigenvalue weighted by atomic mass is 35.5. The van der Waals surface area contributed by atoms with Crippen molar-refractivity contribution in [2.75, 3.05) is 20.2 Å². The molecule has 7 nitrogen and oxygen atoms in total. The van der Waals surface area contributed by atoms with Gasteiger partial charge in [-0.25, -0.2) is 13.1 Å². The molecule has 0 saturated heterocycles. The van der Waals surface area contributed by atoms with Gasteiger partial charge in [-0.05, 0) is 32.2 Å². The minimum Gasteiger partial charge on any atom is -0.482 e. The van der Waals surface area contributed by atoms with E-state index < -0.39 is 22.5 Å². The van der Waals surface area contributed by atoms with Gasteiger partial charge in [-0.3, -0.25) is 4.79 Å². The van der Waals surface area contributed by atoms with Crippen LogP contribution in [0.3, 0.4) is 0 Å². The van der Waals surface area contributed by atoms with E-state index >= 15 is 0 Å². The maximum atomic E-state index is 12.3. The predicted molar refractivity (Wildman–Crippen MR) is 79.9 cm³/mol. The Bertz CT molecular complexity index is 607. The topological polar surface area (TPSA) is 111 Å². The lowest BCUT2D eigenvalue weighted by atomic mass is 10.3. The lowest BCUT2D eigenvalue weighted by Gasteiger charge is -2.14. The number of benzene rings is 1. The summed E-state index contributed by atoms with van der Waals surface area (Å²) in [5.74, 6) is -0.687. The minimum absolute atomic E-state index is 0.0165. The van der Waals surface area contributed by atoms with Crippen LogP contribution in [0, 0.1) is 0 Å². The largest absolute Gasteiger partial charge is 0.482 e. The number of likely N-dealkylation sites (N-methyl/N-ethyl adjacent to an activating group) is 1. The highest BCUT2D eigenvalue weighted by molar-refractivity contribution is 7.89. The molecule has 1 aromatic rings. The molecule has 1 unspecified atom stereocenters. The van der Waals surface area contributed by atoms with Crippen LogP contribution in [-0.4, -0.2) is 40.6 Å². The van der Waals surface area contributed by atoms with Crippen molar-refractivity contribution in [3.8, 4) is 5.75 Å². The number of rotatable bonds is 8. The number of ether oxygens (including phenoxy) is 1. The normalized spacial score (nSPS) is 12.9. The van der Waals surface area contributed by atoms with E-state index in [4.69, 9.17) is 22.1 Å². The van der Waals surface area contributed by atoms with E-state index in [1.165, 1.54) is 18.2 Å². The SMILES string of the molecule is CNC(C)CNS(=O)(=O)c1cc(Cl)ccc1OCC(N)=O. The molecule has 9 heteroatoms. The number of hydrogen-bond acceptors (Lipinski definition) is 5. The quantitative estimate of drug-likeness (QED) is 0.623. The Morgan fingerprint density at radius 1 is 1.48 bits per heavy atom. The average Bonchev–Trinajstić information content (AvgIpc) is 2.43. The second kappa shape index (κ2) is 7.60. The van der Waals surface area contributed by atoms with Gasteiger partial charge >= 0.3 is 0 Å². The molecule has 0 fully saturated rings. The second-order valence-corrected chi connectivity index (χ2v) is 6.56. The van der Waals surface area contributed by atoms with Crippen molar-refractivity contribution in [2.45, 2.75) is 17.9 Å². The Morgan fingerprint density at radius 3 is 2.71 bits per heavy atom. The summed E-state index contributed by atoms with van der Waals surface area (Å²) < 4.78 is 32.1. The first-order valence-electron chi connectivity index (χ1n) is 6.14. The van der Waals surface area contributed by atoms with Gasteiger partial charge in [-0.1, -0.05) is 11.6 Å². The molecule has 0 aromatic heterocycles. The Balaban J connectivity index is 3.02. The van der Waals surface area contributed by atoms with Crippen molar-refractivity contribution < 1.29 is 17.9 Å². The van der Waals surface area contributed by atoms with Gasteiger partial charge in [0.2, 0.25) is 10.0 Å². The van der Waals surface area contributed by atoms with Crippen molar-refractivity contribution >= 4 is 27.5 Å². The van der Waals surface area contributed by atoms with Gasteiger partial charge in [0, 0.05) is 17.6 Å². The standard InChI is InChI=1S/C12H18ClN3O4S/c1-8(15-2)6-16-21(18,19)11-5-9(13)3-4-10(11)20-7-12(14)17/h3-5,8,15-16H,6-7H2,1-2H3,(H2,14,17). The third-order valence-corrected chi connectivity index (χ3v) is 4.32. The summed E-state index contributed by atoms with van der Waals surface area (Å²) in [7, 11) is -2.10. The lowest BCUT2D eigenvalue weighted by Crippen LogP contribution is -2.37. The van der Waals surface area contributed by atoms with E-state index in [0.717, 1.165) is 0 Å². The number of halogens is 1. The van der Waals surface area contributed by atoms with E-state index in [2.05, 4.69) is 10.0 Å².